The van der Waals surface area contributed by atoms with Crippen LogP contribution in [0.2, 0.25) is 0 Å². The van der Waals surface area contributed by atoms with E-state index in [9.17, 15) is 18.4 Å². The van der Waals surface area contributed by atoms with Crippen LogP contribution in [-0.4, -0.2) is 18.4 Å². The Morgan fingerprint density at radius 1 is 1.57 bits per heavy atom. The van der Waals surface area contributed by atoms with Crippen LogP contribution >= 0.6 is 0 Å². The molecule has 0 atom stereocenters. The molecule has 0 radical (unpaired) electrons. The number of methoxy groups -OCH3 is 1. The fraction of sp³-hybridized carbons (Fsp3) is 0.250. The smallest absolute Gasteiger partial charge is 0.290 e. The molecule has 14 heavy (non-hydrogen) atoms. The predicted octanol–water partition coefficient (Wildman–Crippen LogP) is 1.13. The maximum Gasteiger partial charge on any atom is 0.290 e. The van der Waals surface area contributed by atoms with Gasteiger partial charge in [-0.1, -0.05) is 0 Å². The van der Waals surface area contributed by atoms with Crippen LogP contribution in [-0.2, 0) is 0 Å². The van der Waals surface area contributed by atoms with Gasteiger partial charge in [-0.3, -0.25) is 9.59 Å². The van der Waals surface area contributed by atoms with Crippen molar-refractivity contribution < 1.29 is 18.3 Å². The van der Waals surface area contributed by atoms with Gasteiger partial charge >= 0.3 is 0 Å². The average Bonchev–Trinajstić information content (AvgIpc) is 2.16. The number of alkyl halides is 2. The Kier molecular flexibility index (Phi) is 2.95. The molecule has 0 amide bonds. The molecule has 76 valence electrons. The van der Waals surface area contributed by atoms with Crippen molar-refractivity contribution in [3.8, 4) is 5.75 Å². The third kappa shape index (κ3) is 1.78. The summed E-state index contributed by atoms with van der Waals surface area (Å²) in [6.07, 6.45) is -2.66. The van der Waals surface area contributed by atoms with E-state index in [4.69, 9.17) is 0 Å². The van der Waals surface area contributed by atoms with Crippen molar-refractivity contribution in [2.24, 2.45) is 0 Å². The van der Waals surface area contributed by atoms with Crippen LogP contribution < -0.4 is 10.3 Å². The monoisotopic (exact) mass is 203 g/mol. The summed E-state index contributed by atoms with van der Waals surface area (Å²) in [6, 6.07) is 0.854. The Morgan fingerprint density at radius 2 is 2.21 bits per heavy atom. The van der Waals surface area contributed by atoms with Crippen LogP contribution in [0.15, 0.2) is 10.9 Å². The second-order valence-corrected chi connectivity index (χ2v) is 2.45. The van der Waals surface area contributed by atoms with E-state index in [1.165, 1.54) is 7.11 Å². The molecule has 0 unspecified atom stereocenters. The zero-order chi connectivity index (χ0) is 10.7. The first-order valence-corrected chi connectivity index (χ1v) is 3.64. The van der Waals surface area contributed by atoms with Crippen LogP contribution in [0.4, 0.5) is 8.78 Å². The van der Waals surface area contributed by atoms with Gasteiger partial charge in [-0.15, -0.1) is 0 Å². The van der Waals surface area contributed by atoms with E-state index < -0.39 is 23.2 Å². The normalized spacial score (nSPS) is 10.3. The van der Waals surface area contributed by atoms with E-state index in [0.29, 0.717) is 0 Å². The minimum atomic E-state index is -2.83. The lowest BCUT2D eigenvalue weighted by molar-refractivity contribution is 0.110. The summed E-state index contributed by atoms with van der Waals surface area (Å²) in [5.41, 5.74) is -1.68. The summed E-state index contributed by atoms with van der Waals surface area (Å²) >= 11 is 0. The van der Waals surface area contributed by atoms with Gasteiger partial charge < -0.3 is 9.72 Å². The number of nitrogens with one attached hydrogen (secondary N) is 1. The number of ether oxygens (including phenoxy) is 1. The number of aromatic nitrogens is 1. The summed E-state index contributed by atoms with van der Waals surface area (Å²) in [4.78, 5) is 23.4. The number of carbonyl (C=O) groups excluding carboxylic acids is 1. The van der Waals surface area contributed by atoms with Crippen molar-refractivity contribution in [1.29, 1.82) is 0 Å². The van der Waals surface area contributed by atoms with Gasteiger partial charge in [0.15, 0.2) is 12.0 Å². The molecular formula is C8H7F2NO3. The second-order valence-electron chi connectivity index (χ2n) is 2.45. The molecule has 6 heteroatoms. The molecule has 0 bridgehead atoms. The largest absolute Gasteiger partial charge is 0.491 e. The van der Waals surface area contributed by atoms with Gasteiger partial charge in [-0.2, -0.15) is 0 Å². The molecule has 0 saturated carbocycles. The van der Waals surface area contributed by atoms with Gasteiger partial charge in [0.2, 0.25) is 0 Å². The Bertz CT molecular complexity index is 400. The Labute approximate surface area is 77.5 Å². The van der Waals surface area contributed by atoms with Gasteiger partial charge in [-0.05, 0) is 6.07 Å². The highest BCUT2D eigenvalue weighted by Gasteiger charge is 2.16. The van der Waals surface area contributed by atoms with Gasteiger partial charge in [0, 0.05) is 5.56 Å². The van der Waals surface area contributed by atoms with E-state index in [0.717, 1.165) is 6.07 Å². The average molecular weight is 203 g/mol. The first-order valence-electron chi connectivity index (χ1n) is 3.64. The maximum atomic E-state index is 12.3. The Morgan fingerprint density at radius 3 is 2.64 bits per heavy atom. The number of rotatable bonds is 3. The number of hydrogen-bond donors (Lipinski definition) is 1. The molecule has 0 fully saturated rings. The predicted molar refractivity (Wildman–Crippen MR) is 44.0 cm³/mol. The van der Waals surface area contributed by atoms with E-state index in [1.54, 1.807) is 0 Å². The number of hydrogen-bond acceptors (Lipinski definition) is 3. The van der Waals surface area contributed by atoms with Crippen LogP contribution in [0, 0.1) is 0 Å². The van der Waals surface area contributed by atoms with Crippen LogP contribution in [0.3, 0.4) is 0 Å². The minimum Gasteiger partial charge on any atom is -0.491 e. The third-order valence-corrected chi connectivity index (χ3v) is 1.64. The van der Waals surface area contributed by atoms with E-state index >= 15 is 0 Å². The standard InChI is InChI=1S/C8H7F2NO3/c1-14-6-2-4(7(9)10)5(3-12)11-8(6)13/h2-3,7H,1H3,(H,11,13). The number of halogens is 2. The van der Waals surface area contributed by atoms with Crippen molar-refractivity contribution >= 4 is 6.29 Å². The number of aromatic amines is 1. The molecule has 0 saturated heterocycles. The lowest BCUT2D eigenvalue weighted by Gasteiger charge is -2.05. The summed E-state index contributed by atoms with van der Waals surface area (Å²) in [5.74, 6) is -0.245. The first kappa shape index (κ1) is 10.4. The molecule has 0 aliphatic carbocycles. The highest BCUT2D eigenvalue weighted by atomic mass is 19.3. The molecule has 0 aromatic carbocycles. The lowest BCUT2D eigenvalue weighted by Crippen LogP contribution is -2.14. The summed E-state index contributed by atoms with van der Waals surface area (Å²) in [6.45, 7) is 0. The van der Waals surface area contributed by atoms with Crippen molar-refractivity contribution in [1.82, 2.24) is 4.98 Å². The highest BCUT2D eigenvalue weighted by molar-refractivity contribution is 5.74. The Balaban J connectivity index is 3.40. The Hall–Kier alpha value is -1.72. The van der Waals surface area contributed by atoms with Crippen molar-refractivity contribution in [3.05, 3.63) is 27.7 Å². The van der Waals surface area contributed by atoms with Gasteiger partial charge in [-0.25, -0.2) is 8.78 Å². The summed E-state index contributed by atoms with van der Waals surface area (Å²) in [5, 5.41) is 0. The molecule has 4 nitrogen and oxygen atoms in total. The molecule has 1 aromatic heterocycles. The fourth-order valence-corrected chi connectivity index (χ4v) is 0.970. The molecule has 0 spiro atoms. The van der Waals surface area contributed by atoms with E-state index in [2.05, 4.69) is 4.74 Å². The lowest BCUT2D eigenvalue weighted by atomic mass is 10.2. The van der Waals surface area contributed by atoms with Crippen LogP contribution in [0.5, 0.6) is 5.75 Å². The topological polar surface area (TPSA) is 59.2 Å². The molecule has 1 N–H and O–H groups in total. The van der Waals surface area contributed by atoms with Gasteiger partial charge in [0.1, 0.15) is 0 Å². The van der Waals surface area contributed by atoms with E-state index in [-0.39, 0.29) is 12.0 Å². The van der Waals surface area contributed by atoms with Crippen LogP contribution in [0.25, 0.3) is 0 Å². The molecular weight excluding hydrogens is 196 g/mol. The van der Waals surface area contributed by atoms with Crippen LogP contribution in [0.1, 0.15) is 22.5 Å². The summed E-state index contributed by atoms with van der Waals surface area (Å²) < 4.78 is 29.2. The van der Waals surface area contributed by atoms with Gasteiger partial charge in [0.05, 0.1) is 12.8 Å². The third-order valence-electron chi connectivity index (χ3n) is 1.64. The van der Waals surface area contributed by atoms with Crippen molar-refractivity contribution in [3.63, 3.8) is 0 Å². The number of pyridine rings is 1. The maximum absolute atomic E-state index is 12.3. The highest BCUT2D eigenvalue weighted by Crippen LogP contribution is 2.22. The zero-order valence-corrected chi connectivity index (χ0v) is 7.21. The molecule has 1 rings (SSSR count). The first-order chi connectivity index (χ1) is 6.60. The van der Waals surface area contributed by atoms with E-state index in [1.807, 2.05) is 4.98 Å². The molecule has 0 aliphatic heterocycles. The quantitative estimate of drug-likeness (QED) is 0.749. The van der Waals surface area contributed by atoms with Crippen molar-refractivity contribution in [2.45, 2.75) is 6.43 Å². The number of carbonyl (C=O) groups is 1. The SMILES string of the molecule is COc1cc(C(F)F)c(C=O)[nH]c1=O. The minimum absolute atomic E-state index is 0.169. The molecule has 0 aliphatic rings. The molecule has 1 aromatic rings. The number of H-pyrrole nitrogens is 1. The fourth-order valence-electron chi connectivity index (χ4n) is 0.970. The second kappa shape index (κ2) is 3.99. The summed E-state index contributed by atoms with van der Waals surface area (Å²) in [7, 11) is 1.18. The van der Waals surface area contributed by atoms with Gasteiger partial charge in [0.25, 0.3) is 12.0 Å². The molecule has 1 heterocycles. The number of aldehydes is 1. The zero-order valence-electron chi connectivity index (χ0n) is 7.21. The van der Waals surface area contributed by atoms with Crippen molar-refractivity contribution in [2.75, 3.05) is 7.11 Å².